The number of nitrogens with one attached hydrogen (secondary N) is 1. The van der Waals surface area contributed by atoms with E-state index in [1.807, 2.05) is 0 Å². The van der Waals surface area contributed by atoms with E-state index in [4.69, 9.17) is 5.11 Å². The Morgan fingerprint density at radius 1 is 1.50 bits per heavy atom. The zero-order valence-corrected chi connectivity index (χ0v) is 10.00. The molecule has 0 radical (unpaired) electrons. The van der Waals surface area contributed by atoms with Crippen LogP contribution in [0.1, 0.15) is 25.7 Å². The van der Waals surface area contributed by atoms with E-state index in [1.54, 1.807) is 0 Å². The zero-order chi connectivity index (χ0) is 12.2. The van der Waals surface area contributed by atoms with Gasteiger partial charge in [-0.3, -0.25) is 4.79 Å². The van der Waals surface area contributed by atoms with Gasteiger partial charge in [0.2, 0.25) is 10.0 Å². The first-order chi connectivity index (χ1) is 7.47. The summed E-state index contributed by atoms with van der Waals surface area (Å²) in [7, 11) is -2.20. The highest BCUT2D eigenvalue weighted by Crippen LogP contribution is 2.24. The van der Waals surface area contributed by atoms with Crippen molar-refractivity contribution in [2.45, 2.75) is 37.0 Å². The molecule has 94 valence electrons. The monoisotopic (exact) mass is 251 g/mol. The Hall–Kier alpha value is -0.660. The van der Waals surface area contributed by atoms with Gasteiger partial charge >= 0.3 is 5.97 Å². The first kappa shape index (κ1) is 13.4. The summed E-state index contributed by atoms with van der Waals surface area (Å²) in [6.45, 7) is -0.165. The van der Waals surface area contributed by atoms with Crippen LogP contribution in [-0.2, 0) is 19.6 Å². The van der Waals surface area contributed by atoms with Gasteiger partial charge in [0, 0.05) is 7.11 Å². The molecule has 0 heterocycles. The van der Waals surface area contributed by atoms with Crippen molar-refractivity contribution >= 4 is 16.0 Å². The molecule has 0 amide bonds. The minimum Gasteiger partial charge on any atom is -0.480 e. The molecule has 0 aromatic heterocycles. The van der Waals surface area contributed by atoms with E-state index in [0.717, 1.165) is 12.8 Å². The van der Waals surface area contributed by atoms with E-state index in [2.05, 4.69) is 9.46 Å². The van der Waals surface area contributed by atoms with Crippen LogP contribution in [-0.4, -0.2) is 44.5 Å². The van der Waals surface area contributed by atoms with Gasteiger partial charge in [0.05, 0.1) is 11.9 Å². The van der Waals surface area contributed by atoms with Crippen LogP contribution in [0, 0.1) is 0 Å². The average Bonchev–Trinajstić information content (AvgIpc) is 2.69. The number of methoxy groups -OCH3 is 1. The lowest BCUT2D eigenvalue weighted by Gasteiger charge is -2.17. The van der Waals surface area contributed by atoms with Crippen molar-refractivity contribution in [3.05, 3.63) is 0 Å². The molecule has 0 bridgehead atoms. The van der Waals surface area contributed by atoms with Crippen LogP contribution in [0.5, 0.6) is 0 Å². The van der Waals surface area contributed by atoms with E-state index in [9.17, 15) is 13.2 Å². The summed E-state index contributed by atoms with van der Waals surface area (Å²) in [4.78, 5) is 10.8. The molecule has 7 heteroatoms. The Balaban J connectivity index is 2.65. The van der Waals surface area contributed by atoms with Crippen LogP contribution in [0.25, 0.3) is 0 Å². The van der Waals surface area contributed by atoms with Crippen LogP contribution < -0.4 is 4.72 Å². The van der Waals surface area contributed by atoms with Crippen LogP contribution in [0.4, 0.5) is 0 Å². The number of carbonyl (C=O) groups is 1. The molecule has 0 aromatic rings. The van der Waals surface area contributed by atoms with Gasteiger partial charge < -0.3 is 9.84 Å². The first-order valence-electron chi connectivity index (χ1n) is 5.20. The molecule has 1 fully saturated rings. The second kappa shape index (κ2) is 5.60. The predicted molar refractivity (Wildman–Crippen MR) is 57.6 cm³/mol. The molecule has 0 saturated heterocycles. The second-order valence-electron chi connectivity index (χ2n) is 3.92. The Morgan fingerprint density at radius 2 is 2.06 bits per heavy atom. The van der Waals surface area contributed by atoms with E-state index in [0.29, 0.717) is 12.8 Å². The lowest BCUT2D eigenvalue weighted by Crippen LogP contribution is -2.46. The number of rotatable bonds is 6. The highest BCUT2D eigenvalue weighted by Gasteiger charge is 2.32. The van der Waals surface area contributed by atoms with Gasteiger partial charge in [-0.05, 0) is 12.8 Å². The van der Waals surface area contributed by atoms with Crippen molar-refractivity contribution in [2.75, 3.05) is 13.7 Å². The summed E-state index contributed by atoms with van der Waals surface area (Å²) >= 11 is 0. The lowest BCUT2D eigenvalue weighted by molar-refractivity contribution is -0.140. The molecule has 1 rings (SSSR count). The molecule has 0 aliphatic heterocycles. The number of aliphatic carboxylic acids is 1. The van der Waals surface area contributed by atoms with Crippen molar-refractivity contribution in [3.63, 3.8) is 0 Å². The molecule has 1 aliphatic rings. The Labute approximate surface area is 95.0 Å². The molecular weight excluding hydrogens is 234 g/mol. The third-order valence-corrected chi connectivity index (χ3v) is 4.64. The predicted octanol–water partition coefficient (Wildman–Crippen LogP) is -0.0520. The first-order valence-corrected chi connectivity index (χ1v) is 6.75. The van der Waals surface area contributed by atoms with Crippen LogP contribution in [0.15, 0.2) is 0 Å². The zero-order valence-electron chi connectivity index (χ0n) is 9.18. The summed E-state index contributed by atoms with van der Waals surface area (Å²) in [5.74, 6) is -1.22. The van der Waals surface area contributed by atoms with Gasteiger partial charge in [0.1, 0.15) is 6.04 Å². The van der Waals surface area contributed by atoms with Crippen molar-refractivity contribution < 1.29 is 23.1 Å². The van der Waals surface area contributed by atoms with Crippen molar-refractivity contribution in [2.24, 2.45) is 0 Å². The third kappa shape index (κ3) is 3.43. The van der Waals surface area contributed by atoms with Gasteiger partial charge in [-0.2, -0.15) is 4.72 Å². The molecule has 1 unspecified atom stereocenters. The smallest absolute Gasteiger partial charge is 0.324 e. The highest BCUT2D eigenvalue weighted by molar-refractivity contribution is 7.90. The molecule has 1 saturated carbocycles. The second-order valence-corrected chi connectivity index (χ2v) is 5.91. The van der Waals surface area contributed by atoms with Crippen molar-refractivity contribution in [3.8, 4) is 0 Å². The highest BCUT2D eigenvalue weighted by atomic mass is 32.2. The Morgan fingerprint density at radius 3 is 2.50 bits per heavy atom. The Bertz CT molecular complexity index is 334. The normalized spacial score (nSPS) is 19.8. The third-order valence-electron chi connectivity index (χ3n) is 2.68. The molecule has 1 aliphatic carbocycles. The summed E-state index contributed by atoms with van der Waals surface area (Å²) in [6.07, 6.45) is 2.98. The minimum atomic E-state index is -3.54. The van der Waals surface area contributed by atoms with Gasteiger partial charge in [-0.1, -0.05) is 12.8 Å². The van der Waals surface area contributed by atoms with Crippen LogP contribution >= 0.6 is 0 Å². The Kier molecular flexibility index (Phi) is 4.69. The maximum atomic E-state index is 11.8. The molecule has 1 atom stereocenters. The quantitative estimate of drug-likeness (QED) is 0.690. The number of carboxylic acid groups (broad SMARTS) is 1. The van der Waals surface area contributed by atoms with Gasteiger partial charge in [0.15, 0.2) is 0 Å². The minimum absolute atomic E-state index is 0.165. The fourth-order valence-corrected chi connectivity index (χ4v) is 3.53. The van der Waals surface area contributed by atoms with Gasteiger partial charge in [0.25, 0.3) is 0 Å². The van der Waals surface area contributed by atoms with Gasteiger partial charge in [-0.25, -0.2) is 8.42 Å². The lowest BCUT2D eigenvalue weighted by atomic mass is 10.3. The number of sulfonamides is 1. The number of hydrogen-bond acceptors (Lipinski definition) is 4. The summed E-state index contributed by atoms with van der Waals surface area (Å²) < 4.78 is 30.4. The van der Waals surface area contributed by atoms with Crippen molar-refractivity contribution in [1.29, 1.82) is 0 Å². The molecular formula is C9H17NO5S. The van der Waals surface area contributed by atoms with Crippen molar-refractivity contribution in [1.82, 2.24) is 4.72 Å². The van der Waals surface area contributed by atoms with E-state index in [1.165, 1.54) is 7.11 Å². The summed E-state index contributed by atoms with van der Waals surface area (Å²) in [6, 6.07) is -1.20. The standard InChI is InChI=1S/C9H17NO5S/c1-15-6-8(9(11)12)10-16(13,14)7-4-2-3-5-7/h7-8,10H,2-6H2,1H3,(H,11,12). The molecule has 16 heavy (non-hydrogen) atoms. The van der Waals surface area contributed by atoms with Crippen LogP contribution in [0.2, 0.25) is 0 Å². The topological polar surface area (TPSA) is 92.7 Å². The van der Waals surface area contributed by atoms with E-state index < -0.39 is 27.3 Å². The summed E-state index contributed by atoms with van der Waals surface area (Å²) in [5.41, 5.74) is 0. The maximum Gasteiger partial charge on any atom is 0.324 e. The fourth-order valence-electron chi connectivity index (χ4n) is 1.82. The average molecular weight is 251 g/mol. The molecule has 6 nitrogen and oxygen atoms in total. The number of ether oxygens (including phenoxy) is 1. The van der Waals surface area contributed by atoms with Gasteiger partial charge in [-0.15, -0.1) is 0 Å². The molecule has 0 spiro atoms. The largest absolute Gasteiger partial charge is 0.480 e. The summed E-state index contributed by atoms with van der Waals surface area (Å²) in [5, 5.41) is 8.35. The van der Waals surface area contributed by atoms with E-state index in [-0.39, 0.29) is 6.61 Å². The maximum absolute atomic E-state index is 11.8. The SMILES string of the molecule is COCC(NS(=O)(=O)C1CCCC1)C(=O)O. The van der Waals surface area contributed by atoms with Crippen LogP contribution in [0.3, 0.4) is 0 Å². The fraction of sp³-hybridized carbons (Fsp3) is 0.889. The number of carboxylic acids is 1. The molecule has 2 N–H and O–H groups in total. The van der Waals surface area contributed by atoms with E-state index >= 15 is 0 Å². The molecule has 0 aromatic carbocycles. The number of hydrogen-bond donors (Lipinski definition) is 2.